The quantitative estimate of drug-likeness (QED) is 0.670. The number of carbonyl (C=O) groups is 1. The summed E-state index contributed by atoms with van der Waals surface area (Å²) in [7, 11) is -3.61. The third kappa shape index (κ3) is 5.72. The highest BCUT2D eigenvalue weighted by Crippen LogP contribution is 2.26. The highest BCUT2D eigenvalue weighted by atomic mass is 35.5. The van der Waals surface area contributed by atoms with Crippen molar-refractivity contribution in [1.82, 2.24) is 9.62 Å². The minimum atomic E-state index is -3.61. The Morgan fingerprint density at radius 2 is 1.90 bits per heavy atom. The third-order valence-electron chi connectivity index (χ3n) is 5.21. The Morgan fingerprint density at radius 1 is 1.20 bits per heavy atom. The van der Waals surface area contributed by atoms with Gasteiger partial charge in [-0.1, -0.05) is 41.4 Å². The summed E-state index contributed by atoms with van der Waals surface area (Å²) in [4.78, 5) is 12.7. The molecule has 0 spiro atoms. The predicted molar refractivity (Wildman–Crippen MR) is 116 cm³/mol. The lowest BCUT2D eigenvalue weighted by atomic mass is 9.98. The lowest BCUT2D eigenvalue weighted by molar-refractivity contribution is -0.126. The van der Waals surface area contributed by atoms with Crippen LogP contribution in [0.5, 0.6) is 0 Å². The van der Waals surface area contributed by atoms with Gasteiger partial charge in [0.25, 0.3) is 0 Å². The molecule has 162 valence electrons. The molecule has 30 heavy (non-hydrogen) atoms. The van der Waals surface area contributed by atoms with Crippen molar-refractivity contribution in [2.45, 2.75) is 31.6 Å². The molecule has 9 heteroatoms. The maximum atomic E-state index is 13.1. The number of amides is 1. The fraction of sp³-hybridized carbons (Fsp3) is 0.381. The Bertz CT molecular complexity index is 1020. The summed E-state index contributed by atoms with van der Waals surface area (Å²) in [6, 6.07) is 10.4. The number of rotatable bonds is 6. The number of halogens is 3. The average Bonchev–Trinajstić information content (AvgIpc) is 2.71. The van der Waals surface area contributed by atoms with Gasteiger partial charge in [0, 0.05) is 13.1 Å². The number of nitrogens with one attached hydrogen (secondary N) is 1. The average molecular weight is 473 g/mol. The molecule has 0 radical (unpaired) electrons. The van der Waals surface area contributed by atoms with E-state index in [9.17, 15) is 17.6 Å². The van der Waals surface area contributed by atoms with Gasteiger partial charge in [-0.2, -0.15) is 0 Å². The molecule has 0 saturated carbocycles. The first kappa shape index (κ1) is 23.0. The molecule has 0 aromatic heterocycles. The number of carbonyl (C=O) groups excluding carboxylic acids is 1. The predicted octanol–water partition coefficient (Wildman–Crippen LogP) is 4.55. The molecule has 0 bridgehead atoms. The van der Waals surface area contributed by atoms with Gasteiger partial charge >= 0.3 is 0 Å². The van der Waals surface area contributed by atoms with E-state index in [1.54, 1.807) is 30.3 Å². The zero-order valence-electron chi connectivity index (χ0n) is 16.4. The van der Waals surface area contributed by atoms with Crippen LogP contribution in [0.15, 0.2) is 42.5 Å². The summed E-state index contributed by atoms with van der Waals surface area (Å²) in [5.41, 5.74) is 1.32. The second kappa shape index (κ2) is 9.64. The maximum Gasteiger partial charge on any atom is 0.224 e. The molecule has 1 amide bonds. The minimum absolute atomic E-state index is 0.131. The molecule has 1 fully saturated rings. The van der Waals surface area contributed by atoms with Crippen molar-refractivity contribution in [1.29, 1.82) is 0 Å². The Kier molecular flexibility index (Phi) is 7.39. The van der Waals surface area contributed by atoms with Crippen LogP contribution in [0.4, 0.5) is 4.39 Å². The molecule has 3 rings (SSSR count). The second-order valence-corrected chi connectivity index (χ2v) is 10.3. The molecule has 0 aliphatic carbocycles. The molecule has 1 heterocycles. The molecular formula is C21H23Cl2FN2O3S. The summed E-state index contributed by atoms with van der Waals surface area (Å²) in [5.74, 6) is -1.19. The Balaban J connectivity index is 1.64. The molecule has 1 aliphatic rings. The molecule has 2 atom stereocenters. The molecular weight excluding hydrogens is 450 g/mol. The molecule has 2 aromatic rings. The van der Waals surface area contributed by atoms with Crippen molar-refractivity contribution in [2.24, 2.45) is 5.92 Å². The molecule has 1 aliphatic heterocycles. The minimum Gasteiger partial charge on any atom is -0.349 e. The third-order valence-corrected chi connectivity index (χ3v) is 7.77. The van der Waals surface area contributed by atoms with E-state index in [4.69, 9.17) is 23.2 Å². The number of hydrogen-bond acceptors (Lipinski definition) is 3. The summed E-state index contributed by atoms with van der Waals surface area (Å²) in [6.45, 7) is 2.32. The van der Waals surface area contributed by atoms with E-state index in [1.165, 1.54) is 16.4 Å². The van der Waals surface area contributed by atoms with Crippen LogP contribution in [-0.4, -0.2) is 31.7 Å². The van der Waals surface area contributed by atoms with Gasteiger partial charge in [0.15, 0.2) is 0 Å². The van der Waals surface area contributed by atoms with Gasteiger partial charge in [-0.25, -0.2) is 17.1 Å². The number of hydrogen-bond donors (Lipinski definition) is 1. The summed E-state index contributed by atoms with van der Waals surface area (Å²) < 4.78 is 40.2. The van der Waals surface area contributed by atoms with Crippen LogP contribution in [-0.2, 0) is 20.6 Å². The SMILES string of the molecule is C[C@@H](NC(=O)[C@@H]1CCCN(S(=O)(=O)Cc2ccc(Cl)c(Cl)c2)C1)c1ccc(F)cc1. The first-order valence-electron chi connectivity index (χ1n) is 9.63. The zero-order chi connectivity index (χ0) is 21.9. The second-order valence-electron chi connectivity index (χ2n) is 7.48. The van der Waals surface area contributed by atoms with Crippen LogP contribution in [0.2, 0.25) is 10.0 Å². The van der Waals surface area contributed by atoms with E-state index < -0.39 is 15.9 Å². The molecule has 2 aromatic carbocycles. The van der Waals surface area contributed by atoms with Crippen molar-refractivity contribution in [3.8, 4) is 0 Å². The van der Waals surface area contributed by atoms with Crippen molar-refractivity contribution in [2.75, 3.05) is 13.1 Å². The normalized spacial score (nSPS) is 18.7. The van der Waals surface area contributed by atoms with Gasteiger partial charge in [0.1, 0.15) is 5.82 Å². The van der Waals surface area contributed by atoms with Gasteiger partial charge in [-0.05, 0) is 55.2 Å². The van der Waals surface area contributed by atoms with Gasteiger partial charge in [-0.15, -0.1) is 0 Å². The number of piperidine rings is 1. The van der Waals surface area contributed by atoms with Gasteiger partial charge in [-0.3, -0.25) is 4.79 Å². The number of benzene rings is 2. The van der Waals surface area contributed by atoms with Crippen LogP contribution >= 0.6 is 23.2 Å². The van der Waals surface area contributed by atoms with Crippen LogP contribution in [0, 0.1) is 11.7 Å². The largest absolute Gasteiger partial charge is 0.349 e. The molecule has 0 unspecified atom stereocenters. The van der Waals surface area contributed by atoms with E-state index in [0.717, 1.165) is 5.56 Å². The summed E-state index contributed by atoms with van der Waals surface area (Å²) in [5, 5.41) is 3.57. The van der Waals surface area contributed by atoms with Crippen LogP contribution < -0.4 is 5.32 Å². The standard InChI is InChI=1S/C21H23Cl2FN2O3S/c1-14(16-5-7-18(24)8-6-16)25-21(27)17-3-2-10-26(12-17)30(28,29)13-15-4-9-19(22)20(23)11-15/h4-9,11,14,17H,2-3,10,12-13H2,1H3,(H,25,27)/t14-,17-/m1/s1. The van der Waals surface area contributed by atoms with E-state index in [-0.39, 0.29) is 30.1 Å². The van der Waals surface area contributed by atoms with Crippen LogP contribution in [0.1, 0.15) is 36.9 Å². The Morgan fingerprint density at radius 3 is 2.57 bits per heavy atom. The lowest BCUT2D eigenvalue weighted by Crippen LogP contribution is -2.46. The first-order chi connectivity index (χ1) is 14.2. The van der Waals surface area contributed by atoms with Crippen molar-refractivity contribution in [3.63, 3.8) is 0 Å². The van der Waals surface area contributed by atoms with E-state index in [1.807, 2.05) is 6.92 Å². The van der Waals surface area contributed by atoms with Crippen LogP contribution in [0.3, 0.4) is 0 Å². The van der Waals surface area contributed by atoms with E-state index in [0.29, 0.717) is 35.0 Å². The Labute approximate surface area is 186 Å². The topological polar surface area (TPSA) is 66.5 Å². The number of nitrogens with zero attached hydrogens (tertiary/aromatic N) is 1. The van der Waals surface area contributed by atoms with Crippen LogP contribution in [0.25, 0.3) is 0 Å². The van der Waals surface area contributed by atoms with E-state index >= 15 is 0 Å². The summed E-state index contributed by atoms with van der Waals surface area (Å²) >= 11 is 11.9. The molecule has 5 nitrogen and oxygen atoms in total. The zero-order valence-corrected chi connectivity index (χ0v) is 18.8. The van der Waals surface area contributed by atoms with Gasteiger partial charge in [0.2, 0.25) is 15.9 Å². The fourth-order valence-electron chi connectivity index (χ4n) is 3.51. The highest BCUT2D eigenvalue weighted by Gasteiger charge is 2.33. The summed E-state index contributed by atoms with van der Waals surface area (Å²) in [6.07, 6.45) is 1.21. The molecule has 1 N–H and O–H groups in total. The van der Waals surface area contributed by atoms with E-state index in [2.05, 4.69) is 5.32 Å². The van der Waals surface area contributed by atoms with Gasteiger partial charge < -0.3 is 5.32 Å². The highest BCUT2D eigenvalue weighted by molar-refractivity contribution is 7.88. The lowest BCUT2D eigenvalue weighted by Gasteiger charge is -2.32. The van der Waals surface area contributed by atoms with Gasteiger partial charge in [0.05, 0.1) is 27.8 Å². The maximum absolute atomic E-state index is 13.1. The molecule has 1 saturated heterocycles. The van der Waals surface area contributed by atoms with Crippen molar-refractivity contribution >= 4 is 39.1 Å². The van der Waals surface area contributed by atoms with Crippen molar-refractivity contribution in [3.05, 3.63) is 69.5 Å². The monoisotopic (exact) mass is 472 g/mol. The van der Waals surface area contributed by atoms with Crippen molar-refractivity contribution < 1.29 is 17.6 Å². The fourth-order valence-corrected chi connectivity index (χ4v) is 5.42. The smallest absolute Gasteiger partial charge is 0.224 e. The number of sulfonamides is 1. The Hall–Kier alpha value is -1.67. The first-order valence-corrected chi connectivity index (χ1v) is 12.0.